The van der Waals surface area contributed by atoms with Crippen LogP contribution >= 0.6 is 11.3 Å². The molecule has 2 unspecified atom stereocenters. The number of likely N-dealkylation sites (tertiary alicyclic amines) is 1. The molecule has 1 aliphatic carbocycles. The first-order valence-electron chi connectivity index (χ1n) is 9.75. The highest BCUT2D eigenvalue weighted by Gasteiger charge is 2.64. The summed E-state index contributed by atoms with van der Waals surface area (Å²) >= 11 is 1.43. The molecule has 0 radical (unpaired) electrons. The van der Waals surface area contributed by atoms with Crippen LogP contribution in [0.2, 0.25) is 0 Å². The van der Waals surface area contributed by atoms with Gasteiger partial charge in [0.05, 0.1) is 15.6 Å². The minimum Gasteiger partial charge on any atom is -0.302 e. The number of amides is 3. The average molecular weight is 400 g/mol. The summed E-state index contributed by atoms with van der Waals surface area (Å²) in [6.07, 6.45) is 2.22. The topological polar surface area (TPSA) is 79.4 Å². The number of piperidine rings is 1. The minimum atomic E-state index is -0.491. The van der Waals surface area contributed by atoms with E-state index in [0.717, 1.165) is 23.1 Å². The first kappa shape index (κ1) is 19.1. The Morgan fingerprint density at radius 2 is 2.04 bits per heavy atom. The van der Waals surface area contributed by atoms with Crippen LogP contribution in [0.3, 0.4) is 0 Å². The lowest BCUT2D eigenvalue weighted by molar-refractivity contribution is -0.168. The fourth-order valence-electron chi connectivity index (χ4n) is 4.62. The molecule has 1 aliphatic heterocycles. The molecule has 28 heavy (non-hydrogen) atoms. The molecule has 3 amide bonds. The molecule has 2 aromatic rings. The summed E-state index contributed by atoms with van der Waals surface area (Å²) in [5, 5.41) is 3.39. The molecule has 1 saturated heterocycles. The van der Waals surface area contributed by atoms with Crippen molar-refractivity contribution in [3.8, 4) is 0 Å². The number of hydrogen-bond acceptors (Lipinski definition) is 5. The molecule has 1 N–H and O–H groups in total. The number of imide groups is 1. The lowest BCUT2D eigenvalue weighted by Crippen LogP contribution is -2.59. The molecular formula is C21H25N3O3S. The van der Waals surface area contributed by atoms with Gasteiger partial charge in [-0.3, -0.25) is 19.3 Å². The second-order valence-electron chi connectivity index (χ2n) is 8.58. The van der Waals surface area contributed by atoms with Crippen LogP contribution in [0.1, 0.15) is 46.5 Å². The standard InChI is InChI=1S/C21H25N3O3S/c1-20(2)13-10-11-21(20,3)18(27)24(17(13)26)12-6-9-16(25)23-19-22-14-7-4-5-8-15(14)28-19/h4-5,7-8,13H,6,9-12H2,1-3H3,(H,22,23,25). The predicted octanol–water partition coefficient (Wildman–Crippen LogP) is 3.83. The van der Waals surface area contributed by atoms with E-state index in [1.807, 2.05) is 45.0 Å². The quantitative estimate of drug-likeness (QED) is 0.775. The molecule has 1 saturated carbocycles. The molecule has 1 aromatic carbocycles. The highest BCUT2D eigenvalue weighted by atomic mass is 32.1. The van der Waals surface area contributed by atoms with E-state index in [2.05, 4.69) is 10.3 Å². The van der Waals surface area contributed by atoms with Crippen molar-refractivity contribution < 1.29 is 14.4 Å². The van der Waals surface area contributed by atoms with E-state index in [1.54, 1.807) is 0 Å². The van der Waals surface area contributed by atoms with Gasteiger partial charge < -0.3 is 5.32 Å². The number of benzene rings is 1. The van der Waals surface area contributed by atoms with Gasteiger partial charge in [0.1, 0.15) is 0 Å². The molecule has 2 fully saturated rings. The smallest absolute Gasteiger partial charge is 0.235 e. The summed E-state index contributed by atoms with van der Waals surface area (Å²) in [5.74, 6) is -0.406. The van der Waals surface area contributed by atoms with Crippen LogP contribution in [-0.2, 0) is 14.4 Å². The number of nitrogens with zero attached hydrogens (tertiary/aromatic N) is 2. The van der Waals surface area contributed by atoms with Crippen molar-refractivity contribution in [2.24, 2.45) is 16.7 Å². The number of fused-ring (bicyclic) bond motifs is 3. The molecule has 4 rings (SSSR count). The number of carbonyl (C=O) groups excluding carboxylic acids is 3. The summed E-state index contributed by atoms with van der Waals surface area (Å²) in [6, 6.07) is 7.72. The Bertz CT molecular complexity index is 934. The van der Waals surface area contributed by atoms with Crippen molar-refractivity contribution in [2.75, 3.05) is 11.9 Å². The molecule has 0 spiro atoms. The van der Waals surface area contributed by atoms with Crippen molar-refractivity contribution in [2.45, 2.75) is 46.5 Å². The highest BCUT2D eigenvalue weighted by Crippen LogP contribution is 2.60. The van der Waals surface area contributed by atoms with E-state index >= 15 is 0 Å². The summed E-state index contributed by atoms with van der Waals surface area (Å²) in [5.41, 5.74) is 0.0649. The molecular weight excluding hydrogens is 374 g/mol. The first-order chi connectivity index (χ1) is 13.2. The van der Waals surface area contributed by atoms with Gasteiger partial charge in [-0.1, -0.05) is 44.2 Å². The highest BCUT2D eigenvalue weighted by molar-refractivity contribution is 7.22. The molecule has 2 atom stereocenters. The van der Waals surface area contributed by atoms with Crippen LogP contribution in [0.25, 0.3) is 10.2 Å². The molecule has 2 heterocycles. The minimum absolute atomic E-state index is 0.0726. The Kier molecular flexibility index (Phi) is 4.53. The third-order valence-electron chi connectivity index (χ3n) is 6.83. The van der Waals surface area contributed by atoms with E-state index in [1.165, 1.54) is 16.2 Å². The Labute approximate surface area is 168 Å². The number of anilines is 1. The monoisotopic (exact) mass is 399 g/mol. The van der Waals surface area contributed by atoms with E-state index in [-0.39, 0.29) is 35.5 Å². The second kappa shape index (κ2) is 6.65. The maximum Gasteiger partial charge on any atom is 0.235 e. The lowest BCUT2D eigenvalue weighted by Gasteiger charge is -2.47. The zero-order valence-electron chi connectivity index (χ0n) is 16.4. The Morgan fingerprint density at radius 3 is 2.79 bits per heavy atom. The van der Waals surface area contributed by atoms with Crippen molar-refractivity contribution in [1.29, 1.82) is 0 Å². The number of hydrogen-bond donors (Lipinski definition) is 1. The van der Waals surface area contributed by atoms with E-state index in [0.29, 0.717) is 18.1 Å². The van der Waals surface area contributed by atoms with Crippen LogP contribution in [0.4, 0.5) is 5.13 Å². The predicted molar refractivity (Wildman–Crippen MR) is 109 cm³/mol. The zero-order valence-corrected chi connectivity index (χ0v) is 17.3. The lowest BCUT2D eigenvalue weighted by atomic mass is 9.62. The largest absolute Gasteiger partial charge is 0.302 e. The van der Waals surface area contributed by atoms with Crippen LogP contribution in [-0.4, -0.2) is 34.2 Å². The molecule has 7 heteroatoms. The van der Waals surface area contributed by atoms with Gasteiger partial charge in [-0.25, -0.2) is 4.98 Å². The van der Waals surface area contributed by atoms with Crippen molar-refractivity contribution >= 4 is 44.4 Å². The van der Waals surface area contributed by atoms with Crippen LogP contribution in [0.15, 0.2) is 24.3 Å². The summed E-state index contributed by atoms with van der Waals surface area (Å²) in [7, 11) is 0. The summed E-state index contributed by atoms with van der Waals surface area (Å²) < 4.78 is 1.02. The van der Waals surface area contributed by atoms with Crippen LogP contribution in [0.5, 0.6) is 0 Å². The Hall–Kier alpha value is -2.28. The van der Waals surface area contributed by atoms with Gasteiger partial charge in [-0.15, -0.1) is 0 Å². The Balaban J connectivity index is 1.35. The van der Waals surface area contributed by atoms with Gasteiger partial charge in [-0.05, 0) is 36.8 Å². The van der Waals surface area contributed by atoms with Gasteiger partial charge in [0.25, 0.3) is 0 Å². The Morgan fingerprint density at radius 1 is 1.29 bits per heavy atom. The average Bonchev–Trinajstić information content (AvgIpc) is 3.12. The van der Waals surface area contributed by atoms with Gasteiger partial charge in [0.15, 0.2) is 5.13 Å². The third-order valence-corrected chi connectivity index (χ3v) is 7.79. The SMILES string of the molecule is CC12CCC(C(=O)N(CCCC(=O)Nc3nc4ccccc4s3)C1=O)C2(C)C. The molecule has 1 aromatic heterocycles. The van der Waals surface area contributed by atoms with Crippen LogP contribution < -0.4 is 5.32 Å². The van der Waals surface area contributed by atoms with Crippen molar-refractivity contribution in [1.82, 2.24) is 9.88 Å². The zero-order chi connectivity index (χ0) is 20.1. The number of aromatic nitrogens is 1. The first-order valence-corrected chi connectivity index (χ1v) is 10.6. The number of thiazole rings is 1. The van der Waals surface area contributed by atoms with Crippen LogP contribution in [0, 0.1) is 16.7 Å². The maximum absolute atomic E-state index is 13.0. The number of para-hydroxylation sites is 1. The number of nitrogens with one attached hydrogen (secondary N) is 1. The van der Waals surface area contributed by atoms with Gasteiger partial charge in [0, 0.05) is 18.9 Å². The van der Waals surface area contributed by atoms with Crippen molar-refractivity contribution in [3.63, 3.8) is 0 Å². The second-order valence-corrected chi connectivity index (χ2v) is 9.61. The molecule has 6 nitrogen and oxygen atoms in total. The summed E-state index contributed by atoms with van der Waals surface area (Å²) in [4.78, 5) is 43.9. The van der Waals surface area contributed by atoms with Gasteiger partial charge in [-0.2, -0.15) is 0 Å². The van der Waals surface area contributed by atoms with Gasteiger partial charge >= 0.3 is 0 Å². The fraction of sp³-hybridized carbons (Fsp3) is 0.524. The number of rotatable bonds is 5. The maximum atomic E-state index is 13.0. The van der Waals surface area contributed by atoms with Crippen molar-refractivity contribution in [3.05, 3.63) is 24.3 Å². The molecule has 148 valence electrons. The third kappa shape index (κ3) is 2.83. The van der Waals surface area contributed by atoms with E-state index in [4.69, 9.17) is 0 Å². The molecule has 2 aliphatic rings. The number of carbonyl (C=O) groups is 3. The summed E-state index contributed by atoms with van der Waals surface area (Å²) in [6.45, 7) is 6.34. The molecule has 2 bridgehead atoms. The van der Waals surface area contributed by atoms with Gasteiger partial charge in [0.2, 0.25) is 17.7 Å². The fourth-order valence-corrected chi connectivity index (χ4v) is 5.50. The van der Waals surface area contributed by atoms with E-state index < -0.39 is 5.41 Å². The van der Waals surface area contributed by atoms with E-state index in [9.17, 15) is 14.4 Å². The normalized spacial score (nSPS) is 26.1.